The Balaban J connectivity index is 1.54. The van der Waals surface area contributed by atoms with Crippen LogP contribution in [0.4, 0.5) is 0 Å². The zero-order valence-corrected chi connectivity index (χ0v) is 17.3. The lowest BCUT2D eigenvalue weighted by atomic mass is 9.95. The van der Waals surface area contributed by atoms with Crippen molar-refractivity contribution in [3.63, 3.8) is 0 Å². The third-order valence-corrected chi connectivity index (χ3v) is 6.29. The molecule has 4 nitrogen and oxygen atoms in total. The third-order valence-electron chi connectivity index (χ3n) is 6.29. The monoisotopic (exact) mass is 387 g/mol. The van der Waals surface area contributed by atoms with E-state index in [-0.39, 0.29) is 5.91 Å². The molecule has 0 radical (unpaired) electrons. The molecule has 1 heterocycles. The maximum absolute atomic E-state index is 13.0. The molecule has 2 N–H and O–H groups in total. The summed E-state index contributed by atoms with van der Waals surface area (Å²) in [6.07, 6.45) is 8.96. The van der Waals surface area contributed by atoms with Gasteiger partial charge in [0.15, 0.2) is 0 Å². The molecule has 0 saturated heterocycles. The van der Waals surface area contributed by atoms with E-state index in [4.69, 9.17) is 5.73 Å². The standard InChI is InChI=1S/C25H29N3O/c1-17-11-21-16-28(23-5-3-4-6-23)25(29)24(21)13-20(17)12-18-7-9-19(10-8-18)22(14-26)15-27-2/h7-11,13-15,23H,3-6,12,16,26H2,1-2H3. The van der Waals surface area contributed by atoms with Crippen molar-refractivity contribution in [1.29, 1.82) is 0 Å². The highest BCUT2D eigenvalue weighted by atomic mass is 16.2. The number of fused-ring (bicyclic) bond motifs is 1. The molecule has 0 bridgehead atoms. The molecule has 2 aromatic carbocycles. The number of aryl methyl sites for hydroxylation is 1. The Morgan fingerprint density at radius 3 is 2.59 bits per heavy atom. The second-order valence-electron chi connectivity index (χ2n) is 8.19. The zero-order valence-electron chi connectivity index (χ0n) is 17.3. The molecule has 0 spiro atoms. The fourth-order valence-electron chi connectivity index (χ4n) is 4.64. The number of nitrogens with zero attached hydrogens (tertiary/aromatic N) is 2. The van der Waals surface area contributed by atoms with Crippen molar-refractivity contribution >= 4 is 17.7 Å². The van der Waals surface area contributed by atoms with Gasteiger partial charge in [-0.15, -0.1) is 0 Å². The summed E-state index contributed by atoms with van der Waals surface area (Å²) in [4.78, 5) is 19.2. The molecule has 1 amide bonds. The van der Waals surface area contributed by atoms with Crippen molar-refractivity contribution < 1.29 is 4.79 Å². The lowest BCUT2D eigenvalue weighted by Crippen LogP contribution is -2.33. The van der Waals surface area contributed by atoms with Gasteiger partial charge in [-0.2, -0.15) is 0 Å². The number of rotatable bonds is 5. The smallest absolute Gasteiger partial charge is 0.254 e. The highest BCUT2D eigenvalue weighted by Crippen LogP contribution is 2.33. The average molecular weight is 388 g/mol. The average Bonchev–Trinajstić information content (AvgIpc) is 3.36. The van der Waals surface area contributed by atoms with Crippen molar-refractivity contribution in [2.24, 2.45) is 10.7 Å². The molecule has 1 fully saturated rings. The minimum absolute atomic E-state index is 0.222. The molecule has 1 aliphatic carbocycles. The minimum atomic E-state index is 0.222. The Hall–Kier alpha value is -2.88. The lowest BCUT2D eigenvalue weighted by Gasteiger charge is -2.23. The number of carbonyl (C=O) groups is 1. The molecule has 2 aromatic rings. The van der Waals surface area contributed by atoms with Gasteiger partial charge < -0.3 is 10.6 Å². The molecule has 4 rings (SSSR count). The summed E-state index contributed by atoms with van der Waals surface area (Å²) in [6.45, 7) is 2.93. The predicted octanol–water partition coefficient (Wildman–Crippen LogP) is 4.48. The van der Waals surface area contributed by atoms with Crippen LogP contribution in [0.25, 0.3) is 5.57 Å². The van der Waals surface area contributed by atoms with E-state index in [1.54, 1.807) is 19.5 Å². The SMILES string of the molecule is CN=CC(=CN)c1ccc(Cc2cc3c(cc2C)CN(C2CCCC2)C3=O)cc1. The molecule has 1 aliphatic heterocycles. The molecular formula is C25H29N3O. The highest BCUT2D eigenvalue weighted by molar-refractivity contribution is 6.09. The highest BCUT2D eigenvalue weighted by Gasteiger charge is 2.34. The van der Waals surface area contributed by atoms with Gasteiger partial charge in [0, 0.05) is 43.2 Å². The minimum Gasteiger partial charge on any atom is -0.404 e. The summed E-state index contributed by atoms with van der Waals surface area (Å²) in [5.74, 6) is 0.222. The number of carbonyl (C=O) groups excluding carboxylic acids is 1. The van der Waals surface area contributed by atoms with E-state index < -0.39 is 0 Å². The van der Waals surface area contributed by atoms with Gasteiger partial charge in [0.05, 0.1) is 0 Å². The van der Waals surface area contributed by atoms with Crippen LogP contribution in [0, 0.1) is 6.92 Å². The van der Waals surface area contributed by atoms with Gasteiger partial charge in [-0.25, -0.2) is 0 Å². The summed E-state index contributed by atoms with van der Waals surface area (Å²) in [7, 11) is 1.74. The van der Waals surface area contributed by atoms with Gasteiger partial charge in [0.2, 0.25) is 0 Å². The third kappa shape index (κ3) is 3.84. The van der Waals surface area contributed by atoms with Crippen molar-refractivity contribution in [3.8, 4) is 0 Å². The van der Waals surface area contributed by atoms with E-state index in [0.29, 0.717) is 6.04 Å². The first-order valence-electron chi connectivity index (χ1n) is 10.5. The number of amides is 1. The van der Waals surface area contributed by atoms with Gasteiger partial charge in [0.25, 0.3) is 5.91 Å². The van der Waals surface area contributed by atoms with E-state index in [2.05, 4.69) is 53.2 Å². The van der Waals surface area contributed by atoms with Gasteiger partial charge in [0.1, 0.15) is 0 Å². The predicted molar refractivity (Wildman–Crippen MR) is 119 cm³/mol. The summed E-state index contributed by atoms with van der Waals surface area (Å²) in [6, 6.07) is 13.2. The Bertz CT molecular complexity index is 966. The van der Waals surface area contributed by atoms with E-state index in [1.165, 1.54) is 35.1 Å². The van der Waals surface area contributed by atoms with Gasteiger partial charge >= 0.3 is 0 Å². The zero-order chi connectivity index (χ0) is 20.4. The maximum Gasteiger partial charge on any atom is 0.254 e. The van der Waals surface area contributed by atoms with Crippen LogP contribution in [0.1, 0.15) is 63.9 Å². The first-order valence-corrected chi connectivity index (χ1v) is 10.5. The quantitative estimate of drug-likeness (QED) is 0.769. The Labute approximate surface area is 173 Å². The number of aliphatic imine (C=N–C) groups is 1. The van der Waals surface area contributed by atoms with Gasteiger partial charge in [-0.05, 0) is 60.1 Å². The van der Waals surface area contributed by atoms with Crippen molar-refractivity contribution in [2.75, 3.05) is 7.05 Å². The first-order chi connectivity index (χ1) is 14.1. The first kappa shape index (κ1) is 19.4. The largest absolute Gasteiger partial charge is 0.404 e. The number of hydrogen-bond acceptors (Lipinski definition) is 3. The van der Waals surface area contributed by atoms with E-state index in [9.17, 15) is 4.79 Å². The van der Waals surface area contributed by atoms with E-state index in [0.717, 1.165) is 42.5 Å². The second-order valence-corrected chi connectivity index (χ2v) is 8.19. The molecule has 4 heteroatoms. The number of hydrogen-bond donors (Lipinski definition) is 1. The molecular weight excluding hydrogens is 358 g/mol. The topological polar surface area (TPSA) is 58.7 Å². The van der Waals surface area contributed by atoms with Crippen LogP contribution in [-0.2, 0) is 13.0 Å². The lowest BCUT2D eigenvalue weighted by molar-refractivity contribution is 0.0707. The van der Waals surface area contributed by atoms with Crippen LogP contribution in [-0.4, -0.2) is 30.1 Å². The van der Waals surface area contributed by atoms with Crippen LogP contribution in [0.2, 0.25) is 0 Å². The maximum atomic E-state index is 13.0. The normalized spacial score (nSPS) is 17.5. The Kier molecular flexibility index (Phi) is 5.52. The number of nitrogens with two attached hydrogens (primary N) is 1. The van der Waals surface area contributed by atoms with Crippen LogP contribution in [0.3, 0.4) is 0 Å². The fraction of sp³-hybridized carbons (Fsp3) is 0.360. The van der Waals surface area contributed by atoms with Gasteiger partial charge in [-0.3, -0.25) is 9.79 Å². The van der Waals surface area contributed by atoms with Crippen LogP contribution < -0.4 is 5.73 Å². The fourth-order valence-corrected chi connectivity index (χ4v) is 4.64. The van der Waals surface area contributed by atoms with E-state index >= 15 is 0 Å². The van der Waals surface area contributed by atoms with Crippen molar-refractivity contribution in [2.45, 2.75) is 51.6 Å². The van der Waals surface area contributed by atoms with Gasteiger partial charge in [-0.1, -0.05) is 43.2 Å². The molecule has 150 valence electrons. The molecule has 2 aliphatic rings. The molecule has 0 aromatic heterocycles. The summed E-state index contributed by atoms with van der Waals surface area (Å²) < 4.78 is 0. The summed E-state index contributed by atoms with van der Waals surface area (Å²) >= 11 is 0. The Morgan fingerprint density at radius 2 is 1.93 bits per heavy atom. The number of benzene rings is 2. The van der Waals surface area contributed by atoms with Crippen LogP contribution in [0.5, 0.6) is 0 Å². The molecule has 0 unspecified atom stereocenters. The molecule has 1 saturated carbocycles. The van der Waals surface area contributed by atoms with Crippen LogP contribution in [0.15, 0.2) is 47.6 Å². The summed E-state index contributed by atoms with van der Waals surface area (Å²) in [5.41, 5.74) is 13.5. The van der Waals surface area contributed by atoms with Crippen molar-refractivity contribution in [3.05, 3.63) is 76.0 Å². The molecule has 29 heavy (non-hydrogen) atoms. The Morgan fingerprint density at radius 1 is 1.21 bits per heavy atom. The van der Waals surface area contributed by atoms with Crippen molar-refractivity contribution in [1.82, 2.24) is 4.90 Å². The number of allylic oxidation sites excluding steroid dienone is 1. The second kappa shape index (κ2) is 8.24. The van der Waals surface area contributed by atoms with Crippen LogP contribution >= 0.6 is 0 Å². The van der Waals surface area contributed by atoms with E-state index in [1.807, 2.05) is 0 Å². The summed E-state index contributed by atoms with van der Waals surface area (Å²) in [5, 5.41) is 0. The molecule has 0 atom stereocenters.